The van der Waals surface area contributed by atoms with Crippen LogP contribution in [0.5, 0.6) is 0 Å². The Morgan fingerprint density at radius 3 is 2.12 bits per heavy atom. The van der Waals surface area contributed by atoms with Crippen LogP contribution >= 0.6 is 0 Å². The van der Waals surface area contributed by atoms with Gasteiger partial charge in [0.1, 0.15) is 16.9 Å². The molecule has 0 atom stereocenters. The molecular weight excluding hydrogens is 535 g/mol. The van der Waals surface area contributed by atoms with Gasteiger partial charge in [0.2, 0.25) is 0 Å². The molecule has 7 rings (SSSR count). The van der Waals surface area contributed by atoms with E-state index in [9.17, 15) is 0 Å². The first-order chi connectivity index (χ1) is 20.9. The maximum atomic E-state index is 8.80. The zero-order valence-corrected chi connectivity index (χ0v) is 26.2. The van der Waals surface area contributed by atoms with Crippen molar-refractivity contribution < 1.29 is 11.6 Å². The van der Waals surface area contributed by atoms with Crippen molar-refractivity contribution in [3.63, 3.8) is 0 Å². The third-order valence-electron chi connectivity index (χ3n) is 7.87. The van der Waals surface area contributed by atoms with Gasteiger partial charge in [-0.15, -0.1) is 0 Å². The predicted molar refractivity (Wildman–Crippen MR) is 177 cm³/mol. The summed E-state index contributed by atoms with van der Waals surface area (Å²) in [6, 6.07) is 25.0. The number of hydrogen-bond donors (Lipinski definition) is 0. The highest BCUT2D eigenvalue weighted by molar-refractivity contribution is 6.75. The summed E-state index contributed by atoms with van der Waals surface area (Å²) in [6.45, 7) is 14.9. The summed E-state index contributed by atoms with van der Waals surface area (Å²) in [5.74, 6) is -0.0706. The van der Waals surface area contributed by atoms with E-state index >= 15 is 0 Å². The molecule has 0 saturated carbocycles. The van der Waals surface area contributed by atoms with E-state index in [0.29, 0.717) is 34.1 Å². The van der Waals surface area contributed by atoms with Crippen LogP contribution in [-0.4, -0.2) is 22.6 Å². The van der Waals surface area contributed by atoms with Crippen molar-refractivity contribution in [2.24, 2.45) is 0 Å². The summed E-state index contributed by atoms with van der Waals surface area (Å²) in [7, 11) is -2.29. The Morgan fingerprint density at radius 2 is 1.40 bits per heavy atom. The maximum Gasteiger partial charge on any atom is 0.197 e. The molecule has 0 unspecified atom stereocenters. The zero-order valence-electron chi connectivity index (χ0n) is 27.2. The van der Waals surface area contributed by atoms with Crippen molar-refractivity contribution in [2.45, 2.75) is 65.2 Å². The lowest BCUT2D eigenvalue weighted by atomic mass is 9.92. The van der Waals surface area contributed by atoms with Crippen LogP contribution in [0.1, 0.15) is 59.3 Å². The van der Waals surface area contributed by atoms with Crippen LogP contribution in [0.3, 0.4) is 0 Å². The number of aromatic nitrogens is 3. The molecule has 42 heavy (non-hydrogen) atoms. The fourth-order valence-corrected chi connectivity index (χ4v) is 6.74. The van der Waals surface area contributed by atoms with Crippen LogP contribution in [-0.2, 0) is 6.00 Å². The van der Waals surface area contributed by atoms with E-state index in [4.69, 9.17) is 16.6 Å². The third-order valence-corrected chi connectivity index (χ3v) is 8.83. The molecule has 3 aromatic heterocycles. The zero-order chi connectivity index (χ0) is 31.1. The summed E-state index contributed by atoms with van der Waals surface area (Å²) in [5.41, 5.74) is 8.90. The van der Waals surface area contributed by atoms with Crippen LogP contribution in [0.2, 0.25) is 19.6 Å². The molecule has 4 aromatic carbocycles. The van der Waals surface area contributed by atoms with Gasteiger partial charge in [0.05, 0.1) is 30.4 Å². The van der Waals surface area contributed by atoms with Crippen LogP contribution in [0.4, 0.5) is 0 Å². The van der Waals surface area contributed by atoms with Crippen molar-refractivity contribution in [1.82, 2.24) is 14.5 Å². The predicted octanol–water partition coefficient (Wildman–Crippen LogP) is 10.4. The number of rotatable bonds is 6. The van der Waals surface area contributed by atoms with Gasteiger partial charge in [-0.25, -0.2) is 9.97 Å². The van der Waals surface area contributed by atoms with E-state index in [1.807, 2.05) is 43.9 Å². The molecule has 0 saturated heterocycles. The maximum absolute atomic E-state index is 8.80. The number of furan rings is 1. The van der Waals surface area contributed by atoms with E-state index in [-0.39, 0.29) is 5.89 Å². The molecule has 3 heterocycles. The lowest BCUT2D eigenvalue weighted by molar-refractivity contribution is 0.545. The van der Waals surface area contributed by atoms with Crippen molar-refractivity contribution in [3.05, 3.63) is 89.8 Å². The van der Waals surface area contributed by atoms with Gasteiger partial charge in [-0.3, -0.25) is 4.57 Å². The van der Waals surface area contributed by atoms with Gasteiger partial charge in [0.25, 0.3) is 0 Å². The van der Waals surface area contributed by atoms with Gasteiger partial charge in [-0.1, -0.05) is 89.8 Å². The first kappa shape index (κ1) is 24.4. The molecule has 0 amide bonds. The summed E-state index contributed by atoms with van der Waals surface area (Å²) in [6.07, 6.45) is 0. The molecule has 0 bridgehead atoms. The van der Waals surface area contributed by atoms with Crippen LogP contribution in [0.15, 0.2) is 81.6 Å². The first-order valence-electron chi connectivity index (χ1n) is 15.7. The van der Waals surface area contributed by atoms with Crippen LogP contribution in [0, 0.1) is 0 Å². The minimum Gasteiger partial charge on any atom is -0.451 e. The van der Waals surface area contributed by atoms with Crippen molar-refractivity contribution in [3.8, 4) is 17.1 Å². The van der Waals surface area contributed by atoms with E-state index in [1.165, 1.54) is 16.8 Å². The second-order valence-electron chi connectivity index (χ2n) is 12.8. The second kappa shape index (κ2) is 9.70. The number of imidazole rings is 1. The van der Waals surface area contributed by atoms with Gasteiger partial charge in [0, 0.05) is 19.5 Å². The highest BCUT2D eigenvalue weighted by Gasteiger charge is 2.25. The summed E-state index contributed by atoms with van der Waals surface area (Å²) >= 11 is 0. The molecule has 0 aliphatic carbocycles. The molecule has 6 heteroatoms. The van der Waals surface area contributed by atoms with E-state index in [2.05, 4.69) is 85.8 Å². The van der Waals surface area contributed by atoms with Gasteiger partial charge in [0.15, 0.2) is 17.1 Å². The number of hydrogen-bond acceptors (Lipinski definition) is 4. The lowest BCUT2D eigenvalue weighted by Gasteiger charge is -2.22. The Morgan fingerprint density at radius 1 is 0.714 bits per heavy atom. The van der Waals surface area contributed by atoms with Crippen molar-refractivity contribution in [2.75, 3.05) is 0 Å². The average Bonchev–Trinajstić information content (AvgIpc) is 3.69. The highest BCUT2D eigenvalue weighted by Crippen LogP contribution is 2.42. The summed E-state index contributed by atoms with van der Waals surface area (Å²) in [5, 5.41) is 1.85. The Kier molecular flexibility index (Phi) is 5.64. The Hall–Kier alpha value is -4.16. The minimum atomic E-state index is -2.29. The summed E-state index contributed by atoms with van der Waals surface area (Å²) < 4.78 is 32.8. The van der Waals surface area contributed by atoms with E-state index in [0.717, 1.165) is 33.2 Å². The highest BCUT2D eigenvalue weighted by atomic mass is 28.3. The first-order valence-corrected chi connectivity index (χ1v) is 18.2. The molecule has 0 radical (unpaired) electrons. The van der Waals surface area contributed by atoms with Crippen LogP contribution in [0.25, 0.3) is 61.1 Å². The standard InChI is InChI=1S/C36H37N3O2Si/c1-21(2)23-12-10-13-24(22(3)4)32(23)39-30-17-9-8-16-28(30)38-36(39)27-15-11-14-25-26-18-19-29-35(34(26)41-33(25)27)40-31(37-29)20-42(5,6)7/h8-19,21-22H,20H2,1-7H3/i20D2. The molecular formula is C36H37N3O2Si. The number of para-hydroxylation sites is 4. The SMILES string of the molecule is [2H]C([2H])(c1nc2ccc3c4cccc(-c5nc6ccccc6n5-c5c(C(C)C)cccc5C(C)C)c4oc3c2o1)[Si](C)(C)C. The number of fused-ring (bicyclic) bond motifs is 6. The third kappa shape index (κ3) is 4.28. The Bertz CT molecular complexity index is 2190. The van der Waals surface area contributed by atoms with Crippen LogP contribution < -0.4 is 0 Å². The molecule has 0 aliphatic rings. The Balaban J connectivity index is 1.55. The van der Waals surface area contributed by atoms with Gasteiger partial charge < -0.3 is 8.83 Å². The lowest BCUT2D eigenvalue weighted by Crippen LogP contribution is -2.23. The fourth-order valence-electron chi connectivity index (χ4n) is 6.00. The normalized spacial score (nSPS) is 13.7. The minimum absolute atomic E-state index is 0.119. The average molecular weight is 574 g/mol. The smallest absolute Gasteiger partial charge is 0.197 e. The molecule has 0 N–H and O–H groups in total. The molecule has 7 aromatic rings. The van der Waals surface area contributed by atoms with Crippen molar-refractivity contribution >= 4 is 52.1 Å². The fraction of sp³-hybridized carbons (Fsp3) is 0.278. The number of oxazole rings is 1. The topological polar surface area (TPSA) is 57.0 Å². The summed E-state index contributed by atoms with van der Waals surface area (Å²) in [4.78, 5) is 9.83. The Labute approximate surface area is 250 Å². The molecule has 0 spiro atoms. The quantitative estimate of drug-likeness (QED) is 0.186. The monoisotopic (exact) mass is 573 g/mol. The van der Waals surface area contributed by atoms with Gasteiger partial charge in [-0.05, 0) is 53.3 Å². The molecule has 212 valence electrons. The number of benzene rings is 4. The molecule has 5 nitrogen and oxygen atoms in total. The second-order valence-corrected chi connectivity index (χ2v) is 17.6. The van der Waals surface area contributed by atoms with Gasteiger partial charge >= 0.3 is 0 Å². The largest absolute Gasteiger partial charge is 0.451 e. The molecule has 0 fully saturated rings. The van der Waals surface area contributed by atoms with Gasteiger partial charge in [-0.2, -0.15) is 0 Å². The van der Waals surface area contributed by atoms with E-state index in [1.54, 1.807) is 0 Å². The number of nitrogens with zero attached hydrogens (tertiary/aromatic N) is 3. The van der Waals surface area contributed by atoms with Crippen molar-refractivity contribution in [1.29, 1.82) is 0 Å². The van der Waals surface area contributed by atoms with E-state index < -0.39 is 14.1 Å². The molecule has 0 aliphatic heterocycles.